The van der Waals surface area contributed by atoms with Gasteiger partial charge in [-0.15, -0.1) is 5.76 Å². The van der Waals surface area contributed by atoms with Gasteiger partial charge >= 0.3 is 51.4 Å². The van der Waals surface area contributed by atoms with E-state index in [0.29, 0.717) is 5.70 Å². The summed E-state index contributed by atoms with van der Waals surface area (Å²) >= 11 is 0. The van der Waals surface area contributed by atoms with Crippen LogP contribution in [0.15, 0.2) is 21.7 Å². The van der Waals surface area contributed by atoms with E-state index >= 15 is 0 Å². The van der Waals surface area contributed by atoms with Crippen molar-refractivity contribution in [3.8, 4) is 0 Å². The summed E-state index contributed by atoms with van der Waals surface area (Å²) in [7, 11) is 0. The fourth-order valence-electron chi connectivity index (χ4n) is 0.295. The Balaban J connectivity index is 0. The third-order valence-electron chi connectivity index (χ3n) is 1.01. The maximum absolute atomic E-state index is 10.7. The largest absolute Gasteiger partial charge is 1.00 e. The molecule has 0 heterocycles. The molecule has 0 N–H and O–H groups in total. The first-order valence-electron chi connectivity index (χ1n) is 3.60. The molecule has 0 aromatic rings. The van der Waals surface area contributed by atoms with E-state index in [1.54, 1.807) is 6.92 Å². The van der Waals surface area contributed by atoms with Crippen molar-refractivity contribution < 1.29 is 56.5 Å². The smallest absolute Gasteiger partial charge is 0.874 e. The topological polar surface area (TPSA) is 47.8 Å². The molecule has 0 saturated heterocycles. The molecule has 0 bridgehead atoms. The van der Waals surface area contributed by atoms with Crippen molar-refractivity contribution in [1.82, 2.24) is 0 Å². The molecule has 12 heavy (non-hydrogen) atoms. The third kappa shape index (κ3) is 8.87. The van der Waals surface area contributed by atoms with E-state index in [1.807, 2.05) is 20.8 Å². The standard InChI is InChI=1S/C8H16N2O.K/c1-6(7(2)11)9-10-8(3,4)5;/h11H,1-5H3;/q;+1/p-1/b7-6+,10-9+;. The van der Waals surface area contributed by atoms with Gasteiger partial charge in [0.05, 0.1) is 5.54 Å². The van der Waals surface area contributed by atoms with E-state index in [2.05, 4.69) is 10.2 Å². The molecule has 0 aliphatic rings. The summed E-state index contributed by atoms with van der Waals surface area (Å²) in [6.07, 6.45) is 0. The third-order valence-corrected chi connectivity index (χ3v) is 1.01. The minimum absolute atomic E-state index is 0. The van der Waals surface area contributed by atoms with Gasteiger partial charge in [-0.3, -0.25) is 0 Å². The van der Waals surface area contributed by atoms with E-state index in [-0.39, 0.29) is 62.7 Å². The van der Waals surface area contributed by atoms with Gasteiger partial charge in [0.1, 0.15) is 0 Å². The van der Waals surface area contributed by atoms with Crippen LogP contribution in [0.3, 0.4) is 0 Å². The summed E-state index contributed by atoms with van der Waals surface area (Å²) in [6, 6.07) is 0. The maximum Gasteiger partial charge on any atom is 1.00 e. The van der Waals surface area contributed by atoms with E-state index in [0.717, 1.165) is 0 Å². The fraction of sp³-hybridized carbons (Fsp3) is 0.750. The van der Waals surface area contributed by atoms with Crippen LogP contribution in [0.5, 0.6) is 0 Å². The summed E-state index contributed by atoms with van der Waals surface area (Å²) in [5.41, 5.74) is 0.261. The molecule has 0 amide bonds. The van der Waals surface area contributed by atoms with Gasteiger partial charge in [-0.25, -0.2) is 0 Å². The van der Waals surface area contributed by atoms with Crippen LogP contribution < -0.4 is 56.5 Å². The normalized spacial score (nSPS) is 14.1. The monoisotopic (exact) mass is 194 g/mol. The van der Waals surface area contributed by atoms with Gasteiger partial charge in [0.15, 0.2) is 0 Å². The number of azo groups is 1. The van der Waals surface area contributed by atoms with Crippen molar-refractivity contribution in [1.29, 1.82) is 0 Å². The number of allylic oxidation sites excluding steroid dienone is 2. The van der Waals surface area contributed by atoms with Crippen LogP contribution in [0, 0.1) is 0 Å². The second-order valence-corrected chi connectivity index (χ2v) is 3.51. The SMILES string of the molecule is C/C([O-])=C(C)\N=N\C(C)(C)C.[K+]. The number of hydrogen-bond acceptors (Lipinski definition) is 3. The van der Waals surface area contributed by atoms with Gasteiger partial charge in [0.2, 0.25) is 0 Å². The van der Waals surface area contributed by atoms with Crippen molar-refractivity contribution in [3.05, 3.63) is 11.5 Å². The van der Waals surface area contributed by atoms with Gasteiger partial charge < -0.3 is 5.11 Å². The summed E-state index contributed by atoms with van der Waals surface area (Å²) in [5.74, 6) is -0.0296. The van der Waals surface area contributed by atoms with Crippen LogP contribution in [0.2, 0.25) is 0 Å². The van der Waals surface area contributed by atoms with E-state index < -0.39 is 0 Å². The molecule has 0 saturated carbocycles. The molecule has 0 aromatic heterocycles. The van der Waals surface area contributed by atoms with Crippen LogP contribution in [-0.4, -0.2) is 5.54 Å². The molecule has 0 unspecified atom stereocenters. The predicted octanol–water partition coefficient (Wildman–Crippen LogP) is -1.15. The van der Waals surface area contributed by atoms with Crippen molar-refractivity contribution in [2.45, 2.75) is 40.2 Å². The Labute approximate surface area is 117 Å². The minimum Gasteiger partial charge on any atom is -0.874 e. The van der Waals surface area contributed by atoms with Crippen LogP contribution in [0.4, 0.5) is 0 Å². The van der Waals surface area contributed by atoms with Crippen LogP contribution in [-0.2, 0) is 0 Å². The van der Waals surface area contributed by atoms with Crippen molar-refractivity contribution >= 4 is 0 Å². The number of rotatable bonds is 1. The van der Waals surface area contributed by atoms with Crippen LogP contribution in [0.1, 0.15) is 34.6 Å². The maximum atomic E-state index is 10.7. The molecule has 0 aliphatic heterocycles. The van der Waals surface area contributed by atoms with E-state index in [4.69, 9.17) is 0 Å². The second kappa shape index (κ2) is 6.26. The Hall–Kier alpha value is 0.776. The average Bonchev–Trinajstić information content (AvgIpc) is 1.80. The molecule has 4 heteroatoms. The minimum atomic E-state index is -0.198. The summed E-state index contributed by atoms with van der Waals surface area (Å²) in [4.78, 5) is 0. The molecule has 64 valence electrons. The first-order chi connectivity index (χ1) is 4.83. The molecule has 0 fully saturated rings. The number of nitrogens with zero attached hydrogens (tertiary/aromatic N) is 2. The summed E-state index contributed by atoms with van der Waals surface area (Å²) < 4.78 is 0. The molecule has 0 atom stereocenters. The Morgan fingerprint density at radius 2 is 1.58 bits per heavy atom. The summed E-state index contributed by atoms with van der Waals surface area (Å²) in [6.45, 7) is 8.95. The molecule has 0 aliphatic carbocycles. The van der Waals surface area contributed by atoms with E-state index in [9.17, 15) is 5.11 Å². The summed E-state index contributed by atoms with van der Waals surface area (Å²) in [5, 5.41) is 18.4. The molecule has 0 radical (unpaired) electrons. The zero-order valence-corrected chi connectivity index (χ0v) is 11.9. The van der Waals surface area contributed by atoms with Crippen molar-refractivity contribution in [2.75, 3.05) is 0 Å². The molecule has 0 aromatic carbocycles. The molecular formula is C8H15KN2O. The first kappa shape index (κ1) is 15.3. The second-order valence-electron chi connectivity index (χ2n) is 3.51. The first-order valence-corrected chi connectivity index (χ1v) is 3.60. The van der Waals surface area contributed by atoms with Gasteiger partial charge in [-0.2, -0.15) is 10.2 Å². The molecule has 0 spiro atoms. The van der Waals surface area contributed by atoms with Crippen molar-refractivity contribution in [3.63, 3.8) is 0 Å². The molecule has 0 rings (SSSR count). The number of hydrogen-bond donors (Lipinski definition) is 0. The molecular weight excluding hydrogens is 179 g/mol. The Morgan fingerprint density at radius 1 is 1.17 bits per heavy atom. The fourth-order valence-corrected chi connectivity index (χ4v) is 0.295. The van der Waals surface area contributed by atoms with Gasteiger partial charge in [-0.05, 0) is 27.7 Å². The van der Waals surface area contributed by atoms with Gasteiger partial charge in [-0.1, -0.05) is 6.92 Å². The van der Waals surface area contributed by atoms with E-state index in [1.165, 1.54) is 6.92 Å². The zero-order valence-electron chi connectivity index (χ0n) is 8.80. The quantitative estimate of drug-likeness (QED) is 0.295. The Morgan fingerprint density at radius 3 is 1.83 bits per heavy atom. The van der Waals surface area contributed by atoms with Crippen molar-refractivity contribution in [2.24, 2.45) is 10.2 Å². The van der Waals surface area contributed by atoms with Gasteiger partial charge in [0, 0.05) is 5.70 Å². The van der Waals surface area contributed by atoms with Crippen LogP contribution >= 0.6 is 0 Å². The van der Waals surface area contributed by atoms with Crippen LogP contribution in [0.25, 0.3) is 0 Å². The van der Waals surface area contributed by atoms with Gasteiger partial charge in [0.25, 0.3) is 0 Å². The average molecular weight is 194 g/mol. The molecule has 3 nitrogen and oxygen atoms in total. The Kier molecular flexibility index (Phi) is 7.96. The Bertz CT molecular complexity index is 188. The zero-order chi connectivity index (χ0) is 9.07. The predicted molar refractivity (Wildman–Crippen MR) is 43.0 cm³/mol.